The fourth-order valence-electron chi connectivity index (χ4n) is 2.49. The number of hydrogen-bond acceptors (Lipinski definition) is 6. The maximum absolute atomic E-state index is 11.5. The predicted molar refractivity (Wildman–Crippen MR) is 109 cm³/mol. The molecule has 2 N–H and O–H groups in total. The van der Waals surface area contributed by atoms with Crippen molar-refractivity contribution >= 4 is 15.7 Å². The second kappa shape index (κ2) is 10.1. The second-order valence-corrected chi connectivity index (χ2v) is 8.47. The van der Waals surface area contributed by atoms with Crippen LogP contribution in [0.4, 0.5) is 5.69 Å². The van der Waals surface area contributed by atoms with Crippen LogP contribution >= 0.6 is 0 Å². The number of nitrogens with one attached hydrogen (secondary N) is 1. The number of benzene rings is 2. The average Bonchev–Trinajstić information content (AvgIpc) is 2.69. The van der Waals surface area contributed by atoms with Gasteiger partial charge in [0.05, 0.1) is 23.6 Å². The number of nitrogens with zero attached hydrogens (tertiary/aromatic N) is 2. The van der Waals surface area contributed by atoms with Gasteiger partial charge in [-0.15, -0.1) is 0 Å². The molecule has 0 aliphatic rings. The molecular formula is C20H25N3O4S. The summed E-state index contributed by atoms with van der Waals surface area (Å²) >= 11 is 0. The van der Waals surface area contributed by atoms with Crippen molar-refractivity contribution in [3.05, 3.63) is 59.7 Å². The van der Waals surface area contributed by atoms with Crippen molar-refractivity contribution in [2.45, 2.75) is 12.5 Å². The predicted octanol–water partition coefficient (Wildman–Crippen LogP) is 1.53. The normalized spacial score (nSPS) is 12.2. The molecule has 0 radical (unpaired) electrons. The van der Waals surface area contributed by atoms with E-state index in [1.165, 1.54) is 11.4 Å². The highest BCUT2D eigenvalue weighted by Crippen LogP contribution is 2.20. The molecule has 0 saturated carbocycles. The number of ether oxygens (including phenoxy) is 1. The molecule has 0 bridgehead atoms. The van der Waals surface area contributed by atoms with Gasteiger partial charge in [-0.25, -0.2) is 8.42 Å². The van der Waals surface area contributed by atoms with Crippen LogP contribution in [0, 0.1) is 11.3 Å². The number of hydrogen-bond donors (Lipinski definition) is 2. The van der Waals surface area contributed by atoms with Crippen molar-refractivity contribution in [1.29, 1.82) is 5.26 Å². The molecule has 0 heterocycles. The highest BCUT2D eigenvalue weighted by Gasteiger charge is 2.12. The minimum Gasteiger partial charge on any atom is -0.491 e. The van der Waals surface area contributed by atoms with E-state index in [9.17, 15) is 13.5 Å². The van der Waals surface area contributed by atoms with Crippen LogP contribution in [-0.2, 0) is 16.4 Å². The van der Waals surface area contributed by atoms with E-state index < -0.39 is 16.1 Å². The Morgan fingerprint density at radius 3 is 2.61 bits per heavy atom. The summed E-state index contributed by atoms with van der Waals surface area (Å²) < 4.78 is 29.8. The zero-order valence-corrected chi connectivity index (χ0v) is 16.8. The van der Waals surface area contributed by atoms with E-state index in [1.54, 1.807) is 30.3 Å². The molecule has 150 valence electrons. The summed E-state index contributed by atoms with van der Waals surface area (Å²) in [6.07, 6.45) is 1.23. The van der Waals surface area contributed by atoms with E-state index in [1.807, 2.05) is 18.2 Å². The van der Waals surface area contributed by atoms with Gasteiger partial charge in [0.25, 0.3) is 0 Å². The van der Waals surface area contributed by atoms with Crippen molar-refractivity contribution in [2.75, 3.05) is 37.3 Å². The molecule has 2 rings (SSSR count). The Balaban J connectivity index is 1.70. The zero-order chi connectivity index (χ0) is 20.6. The van der Waals surface area contributed by atoms with E-state index in [2.05, 4.69) is 11.4 Å². The molecule has 2 aromatic rings. The SMILES string of the molecule is CN(c1ccc(OC[C@@H](O)CNCCc2cccc(C#N)c2)cc1)S(C)(=O)=O. The number of aliphatic hydroxyl groups is 1. The Hall–Kier alpha value is -2.60. The molecule has 28 heavy (non-hydrogen) atoms. The quantitative estimate of drug-likeness (QED) is 0.583. The van der Waals surface area contributed by atoms with E-state index in [0.29, 0.717) is 30.1 Å². The standard InChI is InChI=1S/C20H25N3O4S/c1-23(28(2,25)26)18-6-8-20(9-7-18)27-15-19(24)14-22-11-10-16-4-3-5-17(12-16)13-21/h3-9,12,19,22,24H,10-11,14-15H2,1-2H3/t19-/m0/s1. The third kappa shape index (κ3) is 6.85. The molecule has 0 fully saturated rings. The van der Waals surface area contributed by atoms with Gasteiger partial charge in [-0.05, 0) is 54.9 Å². The van der Waals surface area contributed by atoms with Gasteiger partial charge in [0.15, 0.2) is 0 Å². The maximum atomic E-state index is 11.5. The number of nitriles is 1. The van der Waals surface area contributed by atoms with E-state index in [-0.39, 0.29) is 6.61 Å². The number of rotatable bonds is 10. The lowest BCUT2D eigenvalue weighted by molar-refractivity contribution is 0.106. The van der Waals surface area contributed by atoms with Gasteiger partial charge < -0.3 is 15.2 Å². The molecule has 7 nitrogen and oxygen atoms in total. The lowest BCUT2D eigenvalue weighted by Crippen LogP contribution is -2.32. The van der Waals surface area contributed by atoms with Crippen molar-refractivity contribution < 1.29 is 18.3 Å². The van der Waals surface area contributed by atoms with Crippen molar-refractivity contribution in [2.24, 2.45) is 0 Å². The first kappa shape index (κ1) is 21.7. The number of aliphatic hydroxyl groups excluding tert-OH is 1. The van der Waals surface area contributed by atoms with Crippen LogP contribution in [0.3, 0.4) is 0 Å². The first-order valence-electron chi connectivity index (χ1n) is 8.84. The van der Waals surface area contributed by atoms with Gasteiger partial charge in [-0.1, -0.05) is 12.1 Å². The fraction of sp³-hybridized carbons (Fsp3) is 0.350. The Morgan fingerprint density at radius 1 is 1.25 bits per heavy atom. The van der Waals surface area contributed by atoms with Crippen LogP contribution in [0.5, 0.6) is 5.75 Å². The molecule has 0 unspecified atom stereocenters. The van der Waals surface area contributed by atoms with Crippen LogP contribution < -0.4 is 14.4 Å². The minimum absolute atomic E-state index is 0.123. The molecule has 2 aromatic carbocycles. The highest BCUT2D eigenvalue weighted by molar-refractivity contribution is 7.92. The van der Waals surface area contributed by atoms with Gasteiger partial charge in [0.1, 0.15) is 18.5 Å². The first-order chi connectivity index (χ1) is 13.3. The fourth-order valence-corrected chi connectivity index (χ4v) is 3.00. The lowest BCUT2D eigenvalue weighted by atomic mass is 10.1. The second-order valence-electron chi connectivity index (χ2n) is 6.46. The number of sulfonamides is 1. The van der Waals surface area contributed by atoms with Gasteiger partial charge in [-0.2, -0.15) is 5.26 Å². The van der Waals surface area contributed by atoms with Gasteiger partial charge in [0.2, 0.25) is 10.0 Å². The van der Waals surface area contributed by atoms with Crippen LogP contribution in [0.15, 0.2) is 48.5 Å². The average molecular weight is 404 g/mol. The van der Waals surface area contributed by atoms with Gasteiger partial charge in [0, 0.05) is 13.6 Å². The molecule has 1 atom stereocenters. The van der Waals surface area contributed by atoms with Crippen molar-refractivity contribution in [1.82, 2.24) is 5.32 Å². The summed E-state index contributed by atoms with van der Waals surface area (Å²) in [7, 11) is -1.82. The van der Waals surface area contributed by atoms with Crippen LogP contribution in [-0.4, -0.2) is 52.6 Å². The molecule has 0 aliphatic heterocycles. The van der Waals surface area contributed by atoms with Gasteiger partial charge in [-0.3, -0.25) is 4.31 Å². The molecule has 0 saturated heterocycles. The maximum Gasteiger partial charge on any atom is 0.231 e. The summed E-state index contributed by atoms with van der Waals surface area (Å²) in [6, 6.07) is 16.2. The third-order valence-electron chi connectivity index (χ3n) is 4.17. The van der Waals surface area contributed by atoms with E-state index in [4.69, 9.17) is 10.00 Å². The highest BCUT2D eigenvalue weighted by atomic mass is 32.2. The van der Waals surface area contributed by atoms with E-state index >= 15 is 0 Å². The van der Waals surface area contributed by atoms with Gasteiger partial charge >= 0.3 is 0 Å². The smallest absolute Gasteiger partial charge is 0.231 e. The zero-order valence-electron chi connectivity index (χ0n) is 16.0. The Kier molecular flexibility index (Phi) is 7.81. The largest absolute Gasteiger partial charge is 0.491 e. The summed E-state index contributed by atoms with van der Waals surface area (Å²) in [5.74, 6) is 0.554. The molecule has 0 aliphatic carbocycles. The first-order valence-corrected chi connectivity index (χ1v) is 10.7. The van der Waals surface area contributed by atoms with E-state index in [0.717, 1.165) is 18.2 Å². The topological polar surface area (TPSA) is 103 Å². The summed E-state index contributed by atoms with van der Waals surface area (Å²) in [6.45, 7) is 1.18. The summed E-state index contributed by atoms with van der Waals surface area (Å²) in [5, 5.41) is 22.1. The Labute approximate surface area is 166 Å². The number of anilines is 1. The molecule has 0 aromatic heterocycles. The van der Waals surface area contributed by atoms with Crippen molar-refractivity contribution in [3.63, 3.8) is 0 Å². The molecule has 8 heteroatoms. The molecule has 0 amide bonds. The van der Waals surface area contributed by atoms with Crippen molar-refractivity contribution in [3.8, 4) is 11.8 Å². The van der Waals surface area contributed by atoms with Crippen LogP contribution in [0.2, 0.25) is 0 Å². The third-order valence-corrected chi connectivity index (χ3v) is 5.37. The van der Waals surface area contributed by atoms with Crippen LogP contribution in [0.1, 0.15) is 11.1 Å². The molecular weight excluding hydrogens is 378 g/mol. The Morgan fingerprint density at radius 2 is 1.96 bits per heavy atom. The lowest BCUT2D eigenvalue weighted by Gasteiger charge is -2.17. The molecule has 0 spiro atoms. The summed E-state index contributed by atoms with van der Waals surface area (Å²) in [4.78, 5) is 0. The van der Waals surface area contributed by atoms with Crippen LogP contribution in [0.25, 0.3) is 0 Å². The summed E-state index contributed by atoms with van der Waals surface area (Å²) in [5.41, 5.74) is 2.24. The minimum atomic E-state index is -3.30. The Bertz CT molecular complexity index is 908. The monoisotopic (exact) mass is 403 g/mol.